The van der Waals surface area contributed by atoms with Gasteiger partial charge in [-0.05, 0) is 37.5 Å². The average molecular weight is 393 g/mol. The lowest BCUT2D eigenvalue weighted by molar-refractivity contribution is 0.0787. The molecule has 150 valence electrons. The van der Waals surface area contributed by atoms with E-state index in [0.717, 1.165) is 30.8 Å². The van der Waals surface area contributed by atoms with E-state index in [-0.39, 0.29) is 11.9 Å². The number of benzene rings is 1. The van der Waals surface area contributed by atoms with Crippen molar-refractivity contribution in [2.75, 3.05) is 32.1 Å². The third-order valence-corrected chi connectivity index (χ3v) is 5.55. The Kier molecular flexibility index (Phi) is 4.30. The van der Waals surface area contributed by atoms with E-state index < -0.39 is 0 Å². The number of anilines is 1. The van der Waals surface area contributed by atoms with E-state index in [0.29, 0.717) is 36.2 Å². The smallest absolute Gasteiger partial charge is 0.280 e. The predicted molar refractivity (Wildman–Crippen MR) is 106 cm³/mol. The highest BCUT2D eigenvalue weighted by Crippen LogP contribution is 2.38. The average Bonchev–Trinajstić information content (AvgIpc) is 3.16. The van der Waals surface area contributed by atoms with Gasteiger partial charge in [0.15, 0.2) is 11.5 Å². The summed E-state index contributed by atoms with van der Waals surface area (Å²) in [5, 5.41) is 12.5. The van der Waals surface area contributed by atoms with E-state index in [1.165, 1.54) is 0 Å². The summed E-state index contributed by atoms with van der Waals surface area (Å²) in [7, 11) is 3.93. The van der Waals surface area contributed by atoms with E-state index in [9.17, 15) is 4.79 Å². The fraction of sp³-hybridized carbons (Fsp3) is 0.450. The number of hydrogen-bond donors (Lipinski definition) is 0. The summed E-state index contributed by atoms with van der Waals surface area (Å²) in [6, 6.07) is 7.79. The molecule has 0 N–H and O–H groups in total. The molecular formula is C20H23N7O2. The van der Waals surface area contributed by atoms with Gasteiger partial charge in [-0.1, -0.05) is 16.4 Å². The summed E-state index contributed by atoms with van der Waals surface area (Å²) in [4.78, 5) is 21.2. The number of nitrogens with zero attached hydrogens (tertiary/aromatic N) is 7. The maximum Gasteiger partial charge on any atom is 0.280 e. The molecule has 1 saturated carbocycles. The van der Waals surface area contributed by atoms with Gasteiger partial charge in [0.1, 0.15) is 0 Å². The van der Waals surface area contributed by atoms with Crippen LogP contribution in [0.25, 0.3) is 11.6 Å². The molecule has 9 heteroatoms. The Bertz CT molecular complexity index is 1040. The van der Waals surface area contributed by atoms with Crippen LogP contribution in [0.4, 0.5) is 5.69 Å². The third-order valence-electron chi connectivity index (χ3n) is 5.55. The molecular weight excluding hydrogens is 370 g/mol. The molecule has 5 rings (SSSR count). The van der Waals surface area contributed by atoms with Crippen LogP contribution in [0.5, 0.6) is 0 Å². The SMILES string of the molecule is CN(C)c1cccc(C(=O)N2CC[C@@H](n3cc(-c4nc(C5CC5)no4)nn3)C2)c1. The van der Waals surface area contributed by atoms with Gasteiger partial charge in [0.25, 0.3) is 11.8 Å². The van der Waals surface area contributed by atoms with Crippen molar-refractivity contribution in [3.8, 4) is 11.6 Å². The summed E-state index contributed by atoms with van der Waals surface area (Å²) in [6.07, 6.45) is 4.90. The number of rotatable bonds is 5. The molecule has 1 aromatic carbocycles. The van der Waals surface area contributed by atoms with E-state index >= 15 is 0 Å². The molecule has 1 aliphatic carbocycles. The lowest BCUT2D eigenvalue weighted by Gasteiger charge is -2.18. The summed E-state index contributed by atoms with van der Waals surface area (Å²) >= 11 is 0. The standard InChI is InChI=1S/C20H23N7O2/c1-25(2)15-5-3-4-14(10-15)20(28)26-9-8-16(11-26)27-12-17(22-24-27)19-21-18(23-29-19)13-6-7-13/h3-5,10,12-13,16H,6-9,11H2,1-2H3/t16-/m1/s1. The second-order valence-electron chi connectivity index (χ2n) is 7.95. The van der Waals surface area contributed by atoms with Gasteiger partial charge < -0.3 is 14.3 Å². The van der Waals surface area contributed by atoms with E-state index in [4.69, 9.17) is 4.52 Å². The van der Waals surface area contributed by atoms with Crippen LogP contribution < -0.4 is 4.90 Å². The first-order valence-corrected chi connectivity index (χ1v) is 9.91. The minimum atomic E-state index is 0.0440. The van der Waals surface area contributed by atoms with Crippen molar-refractivity contribution in [3.05, 3.63) is 41.9 Å². The summed E-state index contributed by atoms with van der Waals surface area (Å²) < 4.78 is 7.14. The maximum absolute atomic E-state index is 12.9. The van der Waals surface area contributed by atoms with Gasteiger partial charge in [-0.3, -0.25) is 4.79 Å². The lowest BCUT2D eigenvalue weighted by atomic mass is 10.1. The molecule has 1 atom stereocenters. The minimum absolute atomic E-state index is 0.0440. The molecule has 0 spiro atoms. The number of carbonyl (C=O) groups excluding carboxylic acids is 1. The van der Waals surface area contributed by atoms with Crippen molar-refractivity contribution in [3.63, 3.8) is 0 Å². The van der Waals surface area contributed by atoms with E-state index in [2.05, 4.69) is 20.5 Å². The Morgan fingerprint density at radius 1 is 1.24 bits per heavy atom. The van der Waals surface area contributed by atoms with Crippen LogP contribution in [0, 0.1) is 0 Å². The van der Waals surface area contributed by atoms with E-state index in [1.807, 2.05) is 54.4 Å². The summed E-state index contributed by atoms with van der Waals surface area (Å²) in [6.45, 7) is 1.29. The van der Waals surface area contributed by atoms with Gasteiger partial charge in [-0.25, -0.2) is 4.68 Å². The first kappa shape index (κ1) is 17.8. The molecule has 0 bridgehead atoms. The number of aromatic nitrogens is 5. The Hall–Kier alpha value is -3.23. The molecule has 1 amide bonds. The zero-order valence-electron chi connectivity index (χ0n) is 16.5. The topological polar surface area (TPSA) is 93.2 Å². The van der Waals surface area contributed by atoms with Crippen molar-refractivity contribution < 1.29 is 9.32 Å². The lowest BCUT2D eigenvalue weighted by Crippen LogP contribution is -2.29. The number of hydrogen-bond acceptors (Lipinski definition) is 7. The fourth-order valence-corrected chi connectivity index (χ4v) is 3.64. The van der Waals surface area contributed by atoms with Crippen LogP contribution in [0.3, 0.4) is 0 Å². The Morgan fingerprint density at radius 2 is 2.10 bits per heavy atom. The highest BCUT2D eigenvalue weighted by atomic mass is 16.5. The molecule has 9 nitrogen and oxygen atoms in total. The Balaban J connectivity index is 1.27. The molecule has 0 radical (unpaired) electrons. The van der Waals surface area contributed by atoms with Crippen LogP contribution in [0.1, 0.15) is 47.4 Å². The fourth-order valence-electron chi connectivity index (χ4n) is 3.64. The zero-order valence-corrected chi connectivity index (χ0v) is 16.5. The van der Waals surface area contributed by atoms with Crippen molar-refractivity contribution in [2.24, 2.45) is 0 Å². The molecule has 0 unspecified atom stereocenters. The maximum atomic E-state index is 12.9. The third kappa shape index (κ3) is 3.48. The molecule has 1 aliphatic heterocycles. The molecule has 3 heterocycles. The Labute approximate surface area is 168 Å². The zero-order chi connectivity index (χ0) is 20.0. The van der Waals surface area contributed by atoms with E-state index in [1.54, 1.807) is 4.68 Å². The predicted octanol–water partition coefficient (Wildman–Crippen LogP) is 2.36. The highest BCUT2D eigenvalue weighted by molar-refractivity contribution is 5.95. The van der Waals surface area contributed by atoms with Gasteiger partial charge >= 0.3 is 0 Å². The van der Waals surface area contributed by atoms with Crippen molar-refractivity contribution in [2.45, 2.75) is 31.2 Å². The molecule has 1 saturated heterocycles. The number of amides is 1. The normalized spacial score (nSPS) is 19.0. The van der Waals surface area contributed by atoms with Gasteiger partial charge in [0.05, 0.1) is 12.2 Å². The van der Waals surface area contributed by atoms with Crippen molar-refractivity contribution in [1.82, 2.24) is 30.0 Å². The minimum Gasteiger partial charge on any atom is -0.378 e. The van der Waals surface area contributed by atoms with Gasteiger partial charge in [-0.2, -0.15) is 4.98 Å². The molecule has 2 fully saturated rings. The van der Waals surface area contributed by atoms with Crippen LogP contribution in [0.15, 0.2) is 35.0 Å². The largest absolute Gasteiger partial charge is 0.378 e. The first-order chi connectivity index (χ1) is 14.1. The number of likely N-dealkylation sites (tertiary alicyclic amines) is 1. The van der Waals surface area contributed by atoms with Crippen LogP contribution in [-0.4, -0.2) is 63.1 Å². The monoisotopic (exact) mass is 393 g/mol. The van der Waals surface area contributed by atoms with Crippen molar-refractivity contribution >= 4 is 11.6 Å². The summed E-state index contributed by atoms with van der Waals surface area (Å²) in [5.74, 6) is 1.64. The van der Waals surface area contributed by atoms with Gasteiger partial charge in [-0.15, -0.1) is 5.10 Å². The molecule has 3 aromatic rings. The Morgan fingerprint density at radius 3 is 2.90 bits per heavy atom. The molecule has 2 aliphatic rings. The van der Waals surface area contributed by atoms with Crippen molar-refractivity contribution in [1.29, 1.82) is 0 Å². The van der Waals surface area contributed by atoms with Gasteiger partial charge in [0, 0.05) is 44.4 Å². The molecule has 29 heavy (non-hydrogen) atoms. The molecule has 2 aromatic heterocycles. The van der Waals surface area contributed by atoms with Crippen LogP contribution in [0.2, 0.25) is 0 Å². The van der Waals surface area contributed by atoms with Crippen LogP contribution >= 0.6 is 0 Å². The van der Waals surface area contributed by atoms with Crippen LogP contribution in [-0.2, 0) is 0 Å². The quantitative estimate of drug-likeness (QED) is 0.657. The highest BCUT2D eigenvalue weighted by Gasteiger charge is 2.31. The first-order valence-electron chi connectivity index (χ1n) is 9.91. The van der Waals surface area contributed by atoms with Gasteiger partial charge in [0.2, 0.25) is 0 Å². The second kappa shape index (κ2) is 6.98. The number of carbonyl (C=O) groups is 1. The summed E-state index contributed by atoms with van der Waals surface area (Å²) in [5.41, 5.74) is 2.29. The second-order valence-corrected chi connectivity index (χ2v) is 7.95.